The molecule has 0 fully saturated rings. The molecule has 1 nitrogen and oxygen atoms in total. The molecule has 2 heteroatoms. The molecule has 6 aromatic rings. The van der Waals surface area contributed by atoms with Gasteiger partial charge >= 0.3 is 0 Å². The van der Waals surface area contributed by atoms with E-state index in [9.17, 15) is 0 Å². The summed E-state index contributed by atoms with van der Waals surface area (Å²) >= 11 is 7.03. The van der Waals surface area contributed by atoms with Gasteiger partial charge in [0.2, 0.25) is 0 Å². The number of hydrogen-bond acceptors (Lipinski definition) is 1. The Morgan fingerprint density at radius 3 is 1.69 bits per heavy atom. The highest BCUT2D eigenvalue weighted by Crippen LogP contribution is 2.41. The molecule has 1 heterocycles. The molecule has 1 aromatic heterocycles. The summed E-state index contributed by atoms with van der Waals surface area (Å²) in [4.78, 5) is 0. The molecule has 6 rings (SSSR count). The maximum atomic E-state index is 7.03. The van der Waals surface area contributed by atoms with E-state index in [-0.39, 0.29) is 0 Å². The van der Waals surface area contributed by atoms with Crippen molar-refractivity contribution >= 4 is 33.5 Å². The molecule has 0 atom stereocenters. The quantitative estimate of drug-likeness (QED) is 0.272. The first-order chi connectivity index (χ1) is 15.8. The zero-order valence-electron chi connectivity index (χ0n) is 17.3. The van der Waals surface area contributed by atoms with Crippen LogP contribution in [0.15, 0.2) is 120 Å². The van der Waals surface area contributed by atoms with Crippen LogP contribution in [-0.2, 0) is 0 Å². The average Bonchev–Trinajstić information content (AvgIpc) is 3.24. The standard InChI is InChI=1S/C30H19ClO/c31-30-25(15-16-28-29(30)26-13-7-8-14-27(26)32-28)24-18-22(20-9-3-1-4-10-20)17-23(19-24)21-11-5-2-6-12-21/h1-19H. The normalized spacial score (nSPS) is 11.3. The van der Waals surface area contributed by atoms with Crippen LogP contribution in [0, 0.1) is 0 Å². The summed E-state index contributed by atoms with van der Waals surface area (Å²) in [6.07, 6.45) is 0. The van der Waals surface area contributed by atoms with Gasteiger partial charge in [0.15, 0.2) is 0 Å². The number of furan rings is 1. The molecule has 0 spiro atoms. The molecular weight excluding hydrogens is 412 g/mol. The van der Waals surface area contributed by atoms with Crippen LogP contribution in [0.2, 0.25) is 5.02 Å². The van der Waals surface area contributed by atoms with E-state index in [1.165, 1.54) is 11.1 Å². The third-order valence-corrected chi connectivity index (χ3v) is 6.33. The molecule has 0 aliphatic carbocycles. The van der Waals surface area contributed by atoms with Crippen molar-refractivity contribution in [3.8, 4) is 33.4 Å². The Morgan fingerprint density at radius 2 is 1.03 bits per heavy atom. The monoisotopic (exact) mass is 430 g/mol. The van der Waals surface area contributed by atoms with E-state index in [0.717, 1.165) is 49.2 Å². The van der Waals surface area contributed by atoms with Crippen molar-refractivity contribution in [3.63, 3.8) is 0 Å². The van der Waals surface area contributed by atoms with Crippen molar-refractivity contribution in [2.24, 2.45) is 0 Å². The SMILES string of the molecule is Clc1c(-c2cc(-c3ccccc3)cc(-c3ccccc3)c2)ccc2oc3ccccc3c12. The molecule has 0 amide bonds. The van der Waals surface area contributed by atoms with E-state index in [4.69, 9.17) is 16.0 Å². The lowest BCUT2D eigenvalue weighted by atomic mass is 9.93. The van der Waals surface area contributed by atoms with Crippen molar-refractivity contribution in [1.29, 1.82) is 0 Å². The van der Waals surface area contributed by atoms with Crippen LogP contribution in [0.5, 0.6) is 0 Å². The summed E-state index contributed by atoms with van der Waals surface area (Å²) in [7, 11) is 0. The second-order valence-electron chi connectivity index (χ2n) is 7.93. The molecular formula is C30H19ClO. The van der Waals surface area contributed by atoms with Crippen molar-refractivity contribution in [1.82, 2.24) is 0 Å². The van der Waals surface area contributed by atoms with E-state index in [0.29, 0.717) is 0 Å². The zero-order valence-corrected chi connectivity index (χ0v) is 18.0. The van der Waals surface area contributed by atoms with Gasteiger partial charge in [0.25, 0.3) is 0 Å². The maximum Gasteiger partial charge on any atom is 0.136 e. The summed E-state index contributed by atoms with van der Waals surface area (Å²) in [5.74, 6) is 0. The fraction of sp³-hybridized carbons (Fsp3) is 0. The molecule has 0 radical (unpaired) electrons. The molecule has 0 aliphatic heterocycles. The Morgan fingerprint density at radius 1 is 0.469 bits per heavy atom. The molecule has 0 saturated heterocycles. The van der Waals surface area contributed by atoms with Crippen LogP contribution in [0.25, 0.3) is 55.3 Å². The van der Waals surface area contributed by atoms with Crippen LogP contribution in [-0.4, -0.2) is 0 Å². The maximum absolute atomic E-state index is 7.03. The molecule has 32 heavy (non-hydrogen) atoms. The van der Waals surface area contributed by atoms with Crippen LogP contribution >= 0.6 is 11.6 Å². The Labute approximate surface area is 191 Å². The Bertz CT molecular complexity index is 1510. The molecule has 0 N–H and O–H groups in total. The van der Waals surface area contributed by atoms with Crippen LogP contribution < -0.4 is 0 Å². The summed E-state index contributed by atoms with van der Waals surface area (Å²) < 4.78 is 6.03. The highest BCUT2D eigenvalue weighted by molar-refractivity contribution is 6.40. The second kappa shape index (κ2) is 7.71. The number of halogens is 1. The van der Waals surface area contributed by atoms with Gasteiger partial charge < -0.3 is 4.42 Å². The van der Waals surface area contributed by atoms with Crippen LogP contribution in [0.3, 0.4) is 0 Å². The number of benzene rings is 5. The van der Waals surface area contributed by atoms with E-state index in [1.807, 2.05) is 36.4 Å². The largest absolute Gasteiger partial charge is 0.456 e. The average molecular weight is 431 g/mol. The second-order valence-corrected chi connectivity index (χ2v) is 8.31. The lowest BCUT2D eigenvalue weighted by Crippen LogP contribution is -1.87. The zero-order chi connectivity index (χ0) is 21.5. The third kappa shape index (κ3) is 3.19. The predicted octanol–water partition coefficient (Wildman–Crippen LogP) is 9.24. The molecule has 0 bridgehead atoms. The van der Waals surface area contributed by atoms with Gasteiger partial charge in [-0.15, -0.1) is 0 Å². The number of para-hydroxylation sites is 1. The number of fused-ring (bicyclic) bond motifs is 3. The Kier molecular flexibility index (Phi) is 4.56. The molecule has 0 saturated carbocycles. The van der Waals surface area contributed by atoms with Gasteiger partial charge in [-0.3, -0.25) is 0 Å². The minimum Gasteiger partial charge on any atom is -0.456 e. The minimum atomic E-state index is 0.719. The molecule has 0 aliphatic rings. The number of hydrogen-bond donors (Lipinski definition) is 0. The van der Waals surface area contributed by atoms with E-state index in [1.54, 1.807) is 0 Å². The number of rotatable bonds is 3. The predicted molar refractivity (Wildman–Crippen MR) is 135 cm³/mol. The topological polar surface area (TPSA) is 13.1 Å². The lowest BCUT2D eigenvalue weighted by molar-refractivity contribution is 0.669. The van der Waals surface area contributed by atoms with Crippen molar-refractivity contribution in [3.05, 3.63) is 120 Å². The first-order valence-corrected chi connectivity index (χ1v) is 11.0. The van der Waals surface area contributed by atoms with Gasteiger partial charge in [0.1, 0.15) is 11.2 Å². The van der Waals surface area contributed by atoms with Crippen molar-refractivity contribution in [2.45, 2.75) is 0 Å². The highest BCUT2D eigenvalue weighted by atomic mass is 35.5. The van der Waals surface area contributed by atoms with Gasteiger partial charge in [0, 0.05) is 16.3 Å². The van der Waals surface area contributed by atoms with Crippen molar-refractivity contribution in [2.75, 3.05) is 0 Å². The fourth-order valence-corrected chi connectivity index (χ4v) is 4.74. The molecule has 0 unspecified atom stereocenters. The first-order valence-electron chi connectivity index (χ1n) is 10.6. The van der Waals surface area contributed by atoms with Gasteiger partial charge in [-0.25, -0.2) is 0 Å². The van der Waals surface area contributed by atoms with E-state index in [2.05, 4.69) is 78.9 Å². The first kappa shape index (κ1) is 18.9. The van der Waals surface area contributed by atoms with Crippen molar-refractivity contribution < 1.29 is 4.42 Å². The Hall–Kier alpha value is -3.81. The molecule has 152 valence electrons. The smallest absolute Gasteiger partial charge is 0.136 e. The third-order valence-electron chi connectivity index (χ3n) is 5.94. The fourth-order valence-electron chi connectivity index (χ4n) is 4.38. The van der Waals surface area contributed by atoms with Gasteiger partial charge in [-0.2, -0.15) is 0 Å². The van der Waals surface area contributed by atoms with Gasteiger partial charge in [0.05, 0.1) is 5.02 Å². The highest BCUT2D eigenvalue weighted by Gasteiger charge is 2.16. The summed E-state index contributed by atoms with van der Waals surface area (Å²) in [6, 6.07) is 39.7. The summed E-state index contributed by atoms with van der Waals surface area (Å²) in [5, 5.41) is 2.72. The molecule has 5 aromatic carbocycles. The van der Waals surface area contributed by atoms with E-state index >= 15 is 0 Å². The van der Waals surface area contributed by atoms with Gasteiger partial charge in [-0.05, 0) is 64.2 Å². The minimum absolute atomic E-state index is 0.719. The summed E-state index contributed by atoms with van der Waals surface area (Å²) in [5.41, 5.74) is 8.43. The Balaban J connectivity index is 1.62. The van der Waals surface area contributed by atoms with E-state index < -0.39 is 0 Å². The van der Waals surface area contributed by atoms with Gasteiger partial charge in [-0.1, -0.05) is 90.5 Å². The van der Waals surface area contributed by atoms with Crippen LogP contribution in [0.1, 0.15) is 0 Å². The van der Waals surface area contributed by atoms with Crippen LogP contribution in [0.4, 0.5) is 0 Å². The lowest BCUT2D eigenvalue weighted by Gasteiger charge is -2.12. The summed E-state index contributed by atoms with van der Waals surface area (Å²) in [6.45, 7) is 0.